The Kier molecular flexibility index (Phi) is 3.96. The Labute approximate surface area is 116 Å². The van der Waals surface area contributed by atoms with Crippen LogP contribution in [-0.4, -0.2) is 19.9 Å². The molecule has 0 unspecified atom stereocenters. The molecule has 2 heterocycles. The number of hydrogen-bond acceptors (Lipinski definition) is 6. The van der Waals surface area contributed by atoms with Gasteiger partial charge in [0.05, 0.1) is 17.2 Å². The molecule has 0 aromatic carbocycles. The summed E-state index contributed by atoms with van der Waals surface area (Å²) < 4.78 is 37.7. The van der Waals surface area contributed by atoms with E-state index in [1.165, 1.54) is 18.6 Å². The molecule has 0 fully saturated rings. The zero-order valence-electron chi connectivity index (χ0n) is 10.3. The first-order valence-electron chi connectivity index (χ1n) is 5.58. The molecular formula is C11H8F3N5O2. The van der Waals surface area contributed by atoms with E-state index in [0.29, 0.717) is 18.0 Å². The van der Waals surface area contributed by atoms with Gasteiger partial charge in [-0.15, -0.1) is 0 Å². The van der Waals surface area contributed by atoms with Crippen molar-refractivity contribution in [1.82, 2.24) is 15.0 Å². The van der Waals surface area contributed by atoms with Crippen LogP contribution in [0, 0.1) is 10.1 Å². The Bertz CT molecular complexity index is 648. The average molecular weight is 299 g/mol. The highest BCUT2D eigenvalue weighted by molar-refractivity contribution is 5.61. The van der Waals surface area contributed by atoms with Crippen LogP contribution in [0.3, 0.4) is 0 Å². The standard InChI is InChI=1S/C11H8F3N5O2/c12-11(13,14)10-3-8(9(5-17-10)19(20)21)16-4-7-1-2-15-6-18-7/h1-3,5-6H,4H2,(H,16,17). The number of nitrogens with zero attached hydrogens (tertiary/aromatic N) is 4. The van der Waals surface area contributed by atoms with Gasteiger partial charge in [0.25, 0.3) is 0 Å². The second-order valence-corrected chi connectivity index (χ2v) is 3.90. The number of alkyl halides is 3. The summed E-state index contributed by atoms with van der Waals surface area (Å²) in [7, 11) is 0. The number of nitro groups is 1. The van der Waals surface area contributed by atoms with E-state index in [4.69, 9.17) is 0 Å². The summed E-state index contributed by atoms with van der Waals surface area (Å²) in [5, 5.41) is 13.4. The van der Waals surface area contributed by atoms with Crippen molar-refractivity contribution >= 4 is 11.4 Å². The van der Waals surface area contributed by atoms with Crippen molar-refractivity contribution < 1.29 is 18.1 Å². The van der Waals surface area contributed by atoms with Crippen LogP contribution in [-0.2, 0) is 12.7 Å². The van der Waals surface area contributed by atoms with Crippen LogP contribution in [0.4, 0.5) is 24.5 Å². The third-order valence-electron chi connectivity index (χ3n) is 2.47. The highest BCUT2D eigenvalue weighted by Gasteiger charge is 2.34. The normalized spacial score (nSPS) is 11.2. The van der Waals surface area contributed by atoms with E-state index in [1.54, 1.807) is 0 Å². The highest BCUT2D eigenvalue weighted by atomic mass is 19.4. The second kappa shape index (κ2) is 5.69. The molecule has 0 saturated heterocycles. The molecule has 0 aliphatic heterocycles. The maximum absolute atomic E-state index is 12.6. The quantitative estimate of drug-likeness (QED) is 0.688. The van der Waals surface area contributed by atoms with Gasteiger partial charge in [-0.3, -0.25) is 10.1 Å². The molecule has 2 aromatic heterocycles. The lowest BCUT2D eigenvalue weighted by atomic mass is 10.2. The van der Waals surface area contributed by atoms with E-state index in [2.05, 4.69) is 20.3 Å². The Balaban J connectivity index is 2.29. The minimum absolute atomic E-state index is 0.0185. The summed E-state index contributed by atoms with van der Waals surface area (Å²) in [6.07, 6.45) is -1.39. The van der Waals surface area contributed by atoms with Crippen molar-refractivity contribution in [2.24, 2.45) is 0 Å². The van der Waals surface area contributed by atoms with Gasteiger partial charge in [-0.05, 0) is 12.1 Å². The van der Waals surface area contributed by atoms with Crippen molar-refractivity contribution in [3.05, 3.63) is 52.4 Å². The summed E-state index contributed by atoms with van der Waals surface area (Å²) in [6, 6.07) is 2.13. The van der Waals surface area contributed by atoms with E-state index >= 15 is 0 Å². The molecule has 0 atom stereocenters. The van der Waals surface area contributed by atoms with Crippen molar-refractivity contribution in [3.63, 3.8) is 0 Å². The van der Waals surface area contributed by atoms with Crippen LogP contribution in [0.15, 0.2) is 30.9 Å². The molecule has 0 aliphatic carbocycles. The van der Waals surface area contributed by atoms with E-state index in [0.717, 1.165) is 0 Å². The Morgan fingerprint density at radius 1 is 1.33 bits per heavy atom. The zero-order valence-corrected chi connectivity index (χ0v) is 10.3. The number of aromatic nitrogens is 3. The predicted molar refractivity (Wildman–Crippen MR) is 65.3 cm³/mol. The summed E-state index contributed by atoms with van der Waals surface area (Å²) in [5.41, 5.74) is -1.55. The number of nitrogens with one attached hydrogen (secondary N) is 1. The molecule has 21 heavy (non-hydrogen) atoms. The van der Waals surface area contributed by atoms with E-state index < -0.39 is 22.5 Å². The van der Waals surface area contributed by atoms with Gasteiger partial charge < -0.3 is 5.32 Å². The lowest BCUT2D eigenvalue weighted by molar-refractivity contribution is -0.384. The van der Waals surface area contributed by atoms with Gasteiger partial charge in [-0.25, -0.2) is 15.0 Å². The molecular weight excluding hydrogens is 291 g/mol. The number of anilines is 1. The van der Waals surface area contributed by atoms with E-state index in [-0.39, 0.29) is 12.2 Å². The van der Waals surface area contributed by atoms with Crippen molar-refractivity contribution in [2.75, 3.05) is 5.32 Å². The molecule has 0 saturated carbocycles. The van der Waals surface area contributed by atoms with Gasteiger partial charge in [-0.2, -0.15) is 13.2 Å². The zero-order chi connectivity index (χ0) is 15.5. The van der Waals surface area contributed by atoms with Gasteiger partial charge in [-0.1, -0.05) is 0 Å². The molecule has 2 aromatic rings. The molecule has 0 amide bonds. The fraction of sp³-hybridized carbons (Fsp3) is 0.182. The lowest BCUT2D eigenvalue weighted by Crippen LogP contribution is -2.11. The third kappa shape index (κ3) is 3.61. The molecule has 0 aliphatic rings. The molecule has 2 rings (SSSR count). The van der Waals surface area contributed by atoms with Crippen LogP contribution in [0.25, 0.3) is 0 Å². The van der Waals surface area contributed by atoms with Crippen LogP contribution in [0.5, 0.6) is 0 Å². The summed E-state index contributed by atoms with van der Waals surface area (Å²) >= 11 is 0. The number of halogens is 3. The summed E-state index contributed by atoms with van der Waals surface area (Å²) in [5.74, 6) is 0. The first kappa shape index (κ1) is 14.6. The molecule has 0 bridgehead atoms. The smallest absolute Gasteiger partial charge is 0.374 e. The maximum Gasteiger partial charge on any atom is 0.433 e. The summed E-state index contributed by atoms with van der Waals surface area (Å²) in [6.45, 7) is 0.0185. The van der Waals surface area contributed by atoms with Crippen molar-refractivity contribution in [3.8, 4) is 0 Å². The van der Waals surface area contributed by atoms with Crippen molar-refractivity contribution in [1.29, 1.82) is 0 Å². The first-order valence-corrected chi connectivity index (χ1v) is 5.58. The number of pyridine rings is 1. The van der Waals surface area contributed by atoms with Crippen LogP contribution in [0.1, 0.15) is 11.4 Å². The van der Waals surface area contributed by atoms with Crippen LogP contribution in [0.2, 0.25) is 0 Å². The van der Waals surface area contributed by atoms with Gasteiger partial charge in [0, 0.05) is 6.20 Å². The average Bonchev–Trinajstić information content (AvgIpc) is 2.45. The predicted octanol–water partition coefficient (Wildman–Crippen LogP) is 2.41. The second-order valence-electron chi connectivity index (χ2n) is 3.90. The Morgan fingerprint density at radius 2 is 2.10 bits per heavy atom. The largest absolute Gasteiger partial charge is 0.433 e. The van der Waals surface area contributed by atoms with Gasteiger partial charge in [0.1, 0.15) is 23.9 Å². The third-order valence-corrected chi connectivity index (χ3v) is 2.47. The summed E-state index contributed by atoms with van der Waals surface area (Å²) in [4.78, 5) is 20.6. The molecule has 10 heteroatoms. The van der Waals surface area contributed by atoms with Crippen LogP contribution >= 0.6 is 0 Å². The van der Waals surface area contributed by atoms with Gasteiger partial charge >= 0.3 is 11.9 Å². The first-order chi connectivity index (χ1) is 9.88. The van der Waals surface area contributed by atoms with Crippen molar-refractivity contribution in [2.45, 2.75) is 12.7 Å². The SMILES string of the molecule is O=[N+]([O-])c1cnc(C(F)(F)F)cc1NCc1ccncn1. The van der Waals surface area contributed by atoms with E-state index in [1.807, 2.05) is 0 Å². The van der Waals surface area contributed by atoms with Gasteiger partial charge in [0.15, 0.2) is 0 Å². The highest BCUT2D eigenvalue weighted by Crippen LogP contribution is 2.32. The molecule has 0 spiro atoms. The monoisotopic (exact) mass is 299 g/mol. The molecule has 110 valence electrons. The molecule has 0 radical (unpaired) electrons. The molecule has 7 nitrogen and oxygen atoms in total. The van der Waals surface area contributed by atoms with Gasteiger partial charge in [0.2, 0.25) is 0 Å². The minimum Gasteiger partial charge on any atom is -0.374 e. The van der Waals surface area contributed by atoms with Crippen LogP contribution < -0.4 is 5.32 Å². The number of hydrogen-bond donors (Lipinski definition) is 1. The van der Waals surface area contributed by atoms with E-state index in [9.17, 15) is 23.3 Å². The topological polar surface area (TPSA) is 93.8 Å². The fourth-order valence-corrected chi connectivity index (χ4v) is 1.50. The molecule has 1 N–H and O–H groups in total. The minimum atomic E-state index is -4.68. The maximum atomic E-state index is 12.6. The number of rotatable bonds is 4. The Hall–Kier alpha value is -2.78. The fourth-order valence-electron chi connectivity index (χ4n) is 1.50. The lowest BCUT2D eigenvalue weighted by Gasteiger charge is -2.10. The Morgan fingerprint density at radius 3 is 2.67 bits per heavy atom.